The van der Waals surface area contributed by atoms with Crippen molar-refractivity contribution in [3.05, 3.63) is 42.0 Å². The first-order chi connectivity index (χ1) is 9.33. The number of halogens is 1. The zero-order valence-electron chi connectivity index (χ0n) is 10.8. The molecule has 0 aliphatic carbocycles. The van der Waals surface area contributed by atoms with Crippen molar-refractivity contribution in [2.75, 3.05) is 12.9 Å². The van der Waals surface area contributed by atoms with Gasteiger partial charge in [-0.2, -0.15) is 5.10 Å². The van der Waals surface area contributed by atoms with E-state index in [0.29, 0.717) is 0 Å². The van der Waals surface area contributed by atoms with Crippen molar-refractivity contribution in [2.45, 2.75) is 22.9 Å². The third-order valence-corrected chi connectivity index (χ3v) is 4.39. The van der Waals surface area contributed by atoms with Gasteiger partial charge < -0.3 is 0 Å². The highest BCUT2D eigenvalue weighted by atomic mass is 32.2. The third-order valence-electron chi connectivity index (χ3n) is 2.65. The van der Waals surface area contributed by atoms with Crippen LogP contribution in [-0.2, 0) is 18.1 Å². The second kappa shape index (κ2) is 7.55. The van der Waals surface area contributed by atoms with Crippen LogP contribution in [0.4, 0.5) is 4.39 Å². The van der Waals surface area contributed by atoms with Crippen LogP contribution < -0.4 is 0 Å². The predicted molar refractivity (Wildman–Crippen MR) is 79.2 cm³/mol. The average molecular weight is 297 g/mol. The summed E-state index contributed by atoms with van der Waals surface area (Å²) in [4.78, 5) is 5.43. The molecular weight excluding hydrogens is 281 g/mol. The minimum absolute atomic E-state index is 0.290. The molecule has 1 heterocycles. The van der Waals surface area contributed by atoms with Crippen molar-refractivity contribution in [1.29, 1.82) is 0 Å². The van der Waals surface area contributed by atoms with Crippen molar-refractivity contribution < 1.29 is 4.39 Å². The van der Waals surface area contributed by atoms with E-state index >= 15 is 0 Å². The first-order valence-corrected chi connectivity index (χ1v) is 8.34. The first kappa shape index (κ1) is 14.4. The Balaban J connectivity index is 1.83. The summed E-state index contributed by atoms with van der Waals surface area (Å²) >= 11 is 3.51. The minimum Gasteiger partial charge on any atom is -0.249 e. The van der Waals surface area contributed by atoms with Gasteiger partial charge in [-0.05, 0) is 24.0 Å². The Hall–Kier alpha value is -1.01. The van der Waals surface area contributed by atoms with Crippen LogP contribution in [0.25, 0.3) is 0 Å². The summed E-state index contributed by atoms with van der Waals surface area (Å²) in [5, 5.41) is 4.00. The van der Waals surface area contributed by atoms with Crippen molar-refractivity contribution in [3.63, 3.8) is 0 Å². The Morgan fingerprint density at radius 3 is 2.68 bits per heavy atom. The smallest absolute Gasteiger partial charge is 0.138 e. The van der Waals surface area contributed by atoms with E-state index in [1.54, 1.807) is 28.2 Å². The van der Waals surface area contributed by atoms with Crippen molar-refractivity contribution in [2.24, 2.45) is 0 Å². The Kier molecular flexibility index (Phi) is 5.72. The summed E-state index contributed by atoms with van der Waals surface area (Å²) in [6.07, 6.45) is 3.56. The maximum absolute atomic E-state index is 12.3. The van der Waals surface area contributed by atoms with Crippen LogP contribution in [0.5, 0.6) is 0 Å². The monoisotopic (exact) mass is 297 g/mol. The van der Waals surface area contributed by atoms with Crippen LogP contribution in [0.3, 0.4) is 0 Å². The van der Waals surface area contributed by atoms with Crippen molar-refractivity contribution in [1.82, 2.24) is 14.8 Å². The van der Waals surface area contributed by atoms with Gasteiger partial charge in [0.1, 0.15) is 18.8 Å². The zero-order valence-corrected chi connectivity index (χ0v) is 12.4. The lowest BCUT2D eigenvalue weighted by atomic mass is 10.2. The second-order valence-electron chi connectivity index (χ2n) is 3.93. The van der Waals surface area contributed by atoms with Gasteiger partial charge in [-0.1, -0.05) is 12.1 Å². The summed E-state index contributed by atoms with van der Waals surface area (Å²) in [5.41, 5.74) is 1.29. The number of aryl methyl sites for hydroxylation is 1. The summed E-state index contributed by atoms with van der Waals surface area (Å²) < 4.78 is 13.9. The molecule has 0 saturated carbocycles. The number of hydrogen-bond donors (Lipinski definition) is 0. The van der Waals surface area contributed by atoms with Crippen LogP contribution in [-0.4, -0.2) is 27.7 Å². The molecule has 0 amide bonds. The van der Waals surface area contributed by atoms with Crippen LogP contribution in [0.1, 0.15) is 11.4 Å². The van der Waals surface area contributed by atoms with Gasteiger partial charge in [0.25, 0.3) is 0 Å². The number of thioether (sulfide) groups is 2. The van der Waals surface area contributed by atoms with Gasteiger partial charge in [-0.15, -0.1) is 23.5 Å². The van der Waals surface area contributed by atoms with Crippen molar-refractivity contribution in [3.8, 4) is 0 Å². The fraction of sp³-hybridized carbons (Fsp3) is 0.385. The average Bonchev–Trinajstić information content (AvgIpc) is 2.88. The summed E-state index contributed by atoms with van der Waals surface area (Å²) in [6, 6.07) is 8.55. The molecule has 2 rings (SSSR count). The molecule has 1 aromatic carbocycles. The van der Waals surface area contributed by atoms with Crippen LogP contribution in [0, 0.1) is 0 Å². The molecule has 0 atom stereocenters. The van der Waals surface area contributed by atoms with E-state index in [4.69, 9.17) is 0 Å². The molecule has 6 heteroatoms. The Labute approximate surface area is 121 Å². The molecule has 3 nitrogen and oxygen atoms in total. The first-order valence-electron chi connectivity index (χ1n) is 5.97. The highest BCUT2D eigenvalue weighted by Crippen LogP contribution is 2.20. The van der Waals surface area contributed by atoms with Crippen molar-refractivity contribution >= 4 is 23.5 Å². The second-order valence-corrected chi connectivity index (χ2v) is 5.79. The zero-order chi connectivity index (χ0) is 13.5. The molecule has 0 bridgehead atoms. The van der Waals surface area contributed by atoms with E-state index in [1.807, 2.05) is 0 Å². The molecular formula is C13H16FN3S2. The molecule has 0 radical (unpaired) electrons. The molecule has 0 N–H and O–H groups in total. The van der Waals surface area contributed by atoms with Gasteiger partial charge >= 0.3 is 0 Å². The molecule has 1 aromatic heterocycles. The molecule has 0 aliphatic rings. The lowest BCUT2D eigenvalue weighted by Crippen LogP contribution is -2.06. The maximum Gasteiger partial charge on any atom is 0.138 e. The lowest BCUT2D eigenvalue weighted by Gasteiger charge is -2.04. The number of benzene rings is 1. The number of aromatic nitrogens is 3. The van der Waals surface area contributed by atoms with E-state index in [2.05, 4.69) is 40.6 Å². The molecule has 0 spiro atoms. The normalized spacial score (nSPS) is 10.8. The number of alkyl halides is 1. The standard InChI is InChI=1S/C13H16FN3S2/c1-18-12-4-2-11(3-5-12)8-19-9-13-15-10-16-17(13)7-6-14/h2-5,10H,6-9H2,1H3. The topological polar surface area (TPSA) is 30.7 Å². The van der Waals surface area contributed by atoms with E-state index in [-0.39, 0.29) is 6.54 Å². The molecule has 102 valence electrons. The predicted octanol–water partition coefficient (Wildman–Crippen LogP) is 3.40. The highest BCUT2D eigenvalue weighted by molar-refractivity contribution is 7.98. The molecule has 0 aliphatic heterocycles. The van der Waals surface area contributed by atoms with Gasteiger partial charge in [0.05, 0.1) is 12.3 Å². The minimum atomic E-state index is -0.406. The van der Waals surface area contributed by atoms with Crippen LogP contribution >= 0.6 is 23.5 Å². The lowest BCUT2D eigenvalue weighted by molar-refractivity contribution is 0.421. The van der Waals surface area contributed by atoms with Crippen LogP contribution in [0.2, 0.25) is 0 Å². The summed E-state index contributed by atoms with van der Waals surface area (Å²) in [5.74, 6) is 2.52. The van der Waals surface area contributed by atoms with Gasteiger partial charge in [-0.3, -0.25) is 0 Å². The largest absolute Gasteiger partial charge is 0.249 e. The summed E-state index contributed by atoms with van der Waals surface area (Å²) in [6.45, 7) is -0.116. The van der Waals surface area contributed by atoms with E-state index < -0.39 is 6.67 Å². The van der Waals surface area contributed by atoms with E-state index in [0.717, 1.165) is 17.3 Å². The van der Waals surface area contributed by atoms with Gasteiger partial charge in [0, 0.05) is 10.6 Å². The van der Waals surface area contributed by atoms with Gasteiger partial charge in [-0.25, -0.2) is 14.1 Å². The third kappa shape index (κ3) is 4.24. The Morgan fingerprint density at radius 1 is 1.21 bits per heavy atom. The van der Waals surface area contributed by atoms with Gasteiger partial charge in [0.15, 0.2) is 0 Å². The molecule has 0 fully saturated rings. The number of hydrogen-bond acceptors (Lipinski definition) is 4. The fourth-order valence-corrected chi connectivity index (χ4v) is 2.99. The molecule has 2 aromatic rings. The molecule has 0 saturated heterocycles. The maximum atomic E-state index is 12.3. The Bertz CT molecular complexity index is 499. The molecule has 0 unspecified atom stereocenters. The van der Waals surface area contributed by atoms with Gasteiger partial charge in [0.2, 0.25) is 0 Å². The SMILES string of the molecule is CSc1ccc(CSCc2ncnn2CCF)cc1. The quantitative estimate of drug-likeness (QED) is 0.733. The highest BCUT2D eigenvalue weighted by Gasteiger charge is 2.04. The van der Waals surface area contributed by atoms with E-state index in [9.17, 15) is 4.39 Å². The van der Waals surface area contributed by atoms with E-state index in [1.165, 1.54) is 16.8 Å². The number of nitrogens with zero attached hydrogens (tertiary/aromatic N) is 3. The summed E-state index contributed by atoms with van der Waals surface area (Å²) in [7, 11) is 0. The number of rotatable bonds is 7. The fourth-order valence-electron chi connectivity index (χ4n) is 1.65. The molecule has 19 heavy (non-hydrogen) atoms. The Morgan fingerprint density at radius 2 is 2.00 bits per heavy atom. The van der Waals surface area contributed by atoms with Crippen LogP contribution in [0.15, 0.2) is 35.5 Å².